The van der Waals surface area contributed by atoms with E-state index in [9.17, 15) is 4.79 Å². The van der Waals surface area contributed by atoms with E-state index in [0.29, 0.717) is 38.1 Å². The molecule has 0 aliphatic carbocycles. The van der Waals surface area contributed by atoms with Gasteiger partial charge in [0, 0.05) is 20.6 Å². The minimum atomic E-state index is -0.599. The van der Waals surface area contributed by atoms with Crippen LogP contribution in [0.15, 0.2) is 4.42 Å². The summed E-state index contributed by atoms with van der Waals surface area (Å²) in [5, 5.41) is 7.84. The third-order valence-electron chi connectivity index (χ3n) is 3.71. The maximum atomic E-state index is 12.3. The van der Waals surface area contributed by atoms with Crippen LogP contribution in [-0.2, 0) is 20.8 Å². The molecular weight excluding hydrogens is 274 g/mol. The number of piperidine rings is 1. The van der Waals surface area contributed by atoms with Crippen LogP contribution in [0.2, 0.25) is 0 Å². The summed E-state index contributed by atoms with van der Waals surface area (Å²) in [6, 6.07) is 0. The molecule has 0 spiro atoms. The maximum Gasteiger partial charge on any atom is 0.315 e. The van der Waals surface area contributed by atoms with Gasteiger partial charge in [-0.1, -0.05) is 0 Å². The first-order valence-corrected chi connectivity index (χ1v) is 7.27. The molecule has 0 bridgehead atoms. The van der Waals surface area contributed by atoms with E-state index < -0.39 is 5.41 Å². The van der Waals surface area contributed by atoms with Gasteiger partial charge in [0.05, 0.1) is 19.8 Å². The van der Waals surface area contributed by atoms with Crippen molar-refractivity contribution in [3.05, 3.63) is 11.8 Å². The lowest BCUT2D eigenvalue weighted by atomic mass is 9.80. The molecule has 7 nitrogen and oxygen atoms in total. The average Bonchev–Trinajstić information content (AvgIpc) is 2.85. The number of nitrogens with zero attached hydrogens (tertiary/aromatic N) is 3. The molecule has 1 aromatic heterocycles. The summed E-state index contributed by atoms with van der Waals surface area (Å²) in [5.74, 6) is 0.943. The van der Waals surface area contributed by atoms with Crippen LogP contribution in [0.25, 0.3) is 0 Å². The number of rotatable bonds is 6. The number of hydrogen-bond acceptors (Lipinski definition) is 7. The molecule has 1 fully saturated rings. The number of methoxy groups -OCH3 is 1. The second-order valence-corrected chi connectivity index (χ2v) is 5.46. The van der Waals surface area contributed by atoms with Gasteiger partial charge in [0.2, 0.25) is 11.8 Å². The Morgan fingerprint density at radius 1 is 1.48 bits per heavy atom. The van der Waals surface area contributed by atoms with Crippen LogP contribution in [0.1, 0.15) is 31.5 Å². The second-order valence-electron chi connectivity index (χ2n) is 5.46. The summed E-state index contributed by atoms with van der Waals surface area (Å²) in [7, 11) is 1.61. The van der Waals surface area contributed by atoms with Gasteiger partial charge in [-0.3, -0.25) is 9.69 Å². The molecule has 0 amide bonds. The molecule has 1 aliphatic heterocycles. The summed E-state index contributed by atoms with van der Waals surface area (Å²) in [5.41, 5.74) is -0.599. The van der Waals surface area contributed by atoms with Crippen molar-refractivity contribution < 1.29 is 18.7 Å². The Bertz CT molecular complexity index is 473. The number of aromatic nitrogens is 2. The van der Waals surface area contributed by atoms with Gasteiger partial charge in [-0.25, -0.2) is 0 Å². The van der Waals surface area contributed by atoms with Crippen molar-refractivity contribution >= 4 is 5.97 Å². The predicted octanol–water partition coefficient (Wildman–Crippen LogP) is 1.17. The molecule has 0 N–H and O–H groups in total. The van der Waals surface area contributed by atoms with E-state index >= 15 is 0 Å². The van der Waals surface area contributed by atoms with Gasteiger partial charge in [-0.2, -0.15) is 0 Å². The molecule has 21 heavy (non-hydrogen) atoms. The van der Waals surface area contributed by atoms with Gasteiger partial charge in [-0.15, -0.1) is 10.2 Å². The number of aryl methyl sites for hydroxylation is 1. The fourth-order valence-electron chi connectivity index (χ4n) is 2.86. The molecule has 0 saturated carbocycles. The third-order valence-corrected chi connectivity index (χ3v) is 3.71. The van der Waals surface area contributed by atoms with Crippen molar-refractivity contribution in [3.8, 4) is 0 Å². The molecule has 2 rings (SSSR count). The zero-order chi connectivity index (χ0) is 15.3. The van der Waals surface area contributed by atoms with Crippen molar-refractivity contribution in [2.75, 3.05) is 33.4 Å². The Hall–Kier alpha value is -1.47. The normalized spacial score (nSPS) is 23.2. The van der Waals surface area contributed by atoms with Crippen LogP contribution in [0, 0.1) is 12.3 Å². The topological polar surface area (TPSA) is 77.7 Å². The number of likely N-dealkylation sites (tertiary alicyclic amines) is 1. The molecule has 0 radical (unpaired) electrons. The van der Waals surface area contributed by atoms with Crippen molar-refractivity contribution in [2.24, 2.45) is 5.41 Å². The van der Waals surface area contributed by atoms with Crippen LogP contribution in [0.5, 0.6) is 0 Å². The predicted molar refractivity (Wildman–Crippen MR) is 74.5 cm³/mol. The van der Waals surface area contributed by atoms with E-state index in [0.717, 1.165) is 19.4 Å². The van der Waals surface area contributed by atoms with Crippen molar-refractivity contribution in [3.63, 3.8) is 0 Å². The molecule has 118 valence electrons. The number of esters is 1. The lowest BCUT2D eigenvalue weighted by Crippen LogP contribution is -2.50. The van der Waals surface area contributed by atoms with Gasteiger partial charge in [0.15, 0.2) is 0 Å². The molecule has 1 atom stereocenters. The van der Waals surface area contributed by atoms with E-state index in [1.54, 1.807) is 14.0 Å². The summed E-state index contributed by atoms with van der Waals surface area (Å²) in [4.78, 5) is 14.5. The van der Waals surface area contributed by atoms with Gasteiger partial charge in [0.25, 0.3) is 0 Å². The van der Waals surface area contributed by atoms with E-state index in [-0.39, 0.29) is 5.97 Å². The van der Waals surface area contributed by atoms with E-state index in [1.165, 1.54) is 0 Å². The Kier molecular flexibility index (Phi) is 5.30. The van der Waals surface area contributed by atoms with Crippen LogP contribution in [0.3, 0.4) is 0 Å². The molecular formula is C14H23N3O4. The van der Waals surface area contributed by atoms with Crippen LogP contribution in [-0.4, -0.2) is 54.5 Å². The zero-order valence-electron chi connectivity index (χ0n) is 12.9. The fraction of sp³-hybridized carbons (Fsp3) is 0.786. The molecule has 0 unspecified atom stereocenters. The molecule has 1 saturated heterocycles. The molecule has 0 aromatic carbocycles. The molecule has 1 aliphatic rings. The Balaban J connectivity index is 2.06. The first-order chi connectivity index (χ1) is 10.1. The Morgan fingerprint density at radius 2 is 2.29 bits per heavy atom. The Labute approximate surface area is 124 Å². The molecule has 2 heterocycles. The first-order valence-electron chi connectivity index (χ1n) is 7.27. The zero-order valence-corrected chi connectivity index (χ0v) is 12.9. The maximum absolute atomic E-state index is 12.3. The Morgan fingerprint density at radius 3 is 2.90 bits per heavy atom. The van der Waals surface area contributed by atoms with E-state index in [4.69, 9.17) is 13.9 Å². The van der Waals surface area contributed by atoms with Crippen molar-refractivity contribution in [1.29, 1.82) is 0 Å². The lowest BCUT2D eigenvalue weighted by Gasteiger charge is -2.39. The molecule has 7 heteroatoms. The van der Waals surface area contributed by atoms with Gasteiger partial charge >= 0.3 is 5.97 Å². The number of hydrogen-bond donors (Lipinski definition) is 0. The van der Waals surface area contributed by atoms with Gasteiger partial charge < -0.3 is 13.9 Å². The summed E-state index contributed by atoms with van der Waals surface area (Å²) in [6.45, 7) is 6.36. The highest BCUT2D eigenvalue weighted by atomic mass is 16.5. The lowest BCUT2D eigenvalue weighted by molar-refractivity contribution is -0.163. The SMILES string of the molecule is CCOC(=O)[C@@]1(COC)CCCN(Cc2nnc(C)o2)C1. The second kappa shape index (κ2) is 7.00. The summed E-state index contributed by atoms with van der Waals surface area (Å²) >= 11 is 0. The number of carbonyl (C=O) groups excluding carboxylic acids is 1. The monoisotopic (exact) mass is 297 g/mol. The van der Waals surface area contributed by atoms with Crippen molar-refractivity contribution in [1.82, 2.24) is 15.1 Å². The van der Waals surface area contributed by atoms with Crippen LogP contribution in [0.4, 0.5) is 0 Å². The standard InChI is InChI=1S/C14H23N3O4/c1-4-20-13(18)14(10-19-3)6-5-7-17(9-14)8-12-16-15-11(2)21-12/h4-10H2,1-3H3/t14-/m0/s1. The number of carbonyl (C=O) groups is 1. The highest BCUT2D eigenvalue weighted by Crippen LogP contribution is 2.32. The largest absolute Gasteiger partial charge is 0.465 e. The highest BCUT2D eigenvalue weighted by Gasteiger charge is 2.44. The highest BCUT2D eigenvalue weighted by molar-refractivity contribution is 5.77. The van der Waals surface area contributed by atoms with E-state index in [1.807, 2.05) is 6.92 Å². The fourth-order valence-corrected chi connectivity index (χ4v) is 2.86. The van der Waals surface area contributed by atoms with E-state index in [2.05, 4.69) is 15.1 Å². The molecule has 1 aromatic rings. The summed E-state index contributed by atoms with van der Waals surface area (Å²) < 4.78 is 15.9. The van der Waals surface area contributed by atoms with Crippen LogP contribution >= 0.6 is 0 Å². The minimum Gasteiger partial charge on any atom is -0.465 e. The first kappa shape index (κ1) is 15.9. The average molecular weight is 297 g/mol. The third kappa shape index (κ3) is 3.79. The van der Waals surface area contributed by atoms with Crippen LogP contribution < -0.4 is 0 Å². The van der Waals surface area contributed by atoms with Gasteiger partial charge in [-0.05, 0) is 26.3 Å². The number of ether oxygens (including phenoxy) is 2. The summed E-state index contributed by atoms with van der Waals surface area (Å²) in [6.07, 6.45) is 1.69. The minimum absolute atomic E-state index is 0.182. The van der Waals surface area contributed by atoms with Gasteiger partial charge in [0.1, 0.15) is 5.41 Å². The smallest absolute Gasteiger partial charge is 0.315 e. The quantitative estimate of drug-likeness (QED) is 0.729. The van der Waals surface area contributed by atoms with Crippen molar-refractivity contribution in [2.45, 2.75) is 33.2 Å².